The topological polar surface area (TPSA) is 91.9 Å². The highest BCUT2D eigenvalue weighted by molar-refractivity contribution is 6.52. The maximum absolute atomic E-state index is 12.3. The van der Waals surface area contributed by atoms with Gasteiger partial charge in [0.25, 0.3) is 5.78 Å². The molecule has 0 fully saturated rings. The molecule has 6 nitrogen and oxygen atoms in total. The Kier molecular flexibility index (Phi) is 3.16. The molecule has 1 heterocycles. The molecule has 0 radical (unpaired) electrons. The predicted molar refractivity (Wildman–Crippen MR) is 81.1 cm³/mol. The number of hydrogen-bond donors (Lipinski definition) is 2. The Morgan fingerprint density at radius 2 is 1.91 bits per heavy atom. The van der Waals surface area contributed by atoms with Crippen molar-refractivity contribution in [2.45, 2.75) is 26.7 Å². The van der Waals surface area contributed by atoms with Crippen molar-refractivity contribution in [2.75, 3.05) is 5.32 Å². The predicted octanol–water partition coefficient (Wildman–Crippen LogP) is 2.54. The van der Waals surface area contributed by atoms with Crippen molar-refractivity contribution in [3.05, 3.63) is 35.3 Å². The molecule has 22 heavy (non-hydrogen) atoms. The van der Waals surface area contributed by atoms with Crippen LogP contribution < -0.4 is 5.32 Å². The number of aromatic nitrogens is 2. The lowest BCUT2D eigenvalue weighted by Crippen LogP contribution is -2.21. The van der Waals surface area contributed by atoms with Crippen LogP contribution >= 0.6 is 0 Å². The zero-order valence-corrected chi connectivity index (χ0v) is 12.5. The van der Waals surface area contributed by atoms with Gasteiger partial charge in [0.2, 0.25) is 11.7 Å². The van der Waals surface area contributed by atoms with Crippen molar-refractivity contribution in [3.63, 3.8) is 0 Å². The second-order valence-electron chi connectivity index (χ2n) is 5.60. The molecule has 0 aliphatic heterocycles. The quantitative estimate of drug-likeness (QED) is 0.833. The second-order valence-corrected chi connectivity index (χ2v) is 5.60. The van der Waals surface area contributed by atoms with Crippen LogP contribution in [0.2, 0.25) is 0 Å². The maximum atomic E-state index is 12.3. The molecule has 1 aliphatic rings. The fourth-order valence-electron chi connectivity index (χ4n) is 2.48. The third kappa shape index (κ3) is 2.13. The van der Waals surface area contributed by atoms with Crippen molar-refractivity contribution < 1.29 is 14.4 Å². The summed E-state index contributed by atoms with van der Waals surface area (Å²) in [5, 5.41) is 2.61. The zero-order valence-electron chi connectivity index (χ0n) is 12.5. The lowest BCUT2D eigenvalue weighted by atomic mass is 9.90. The van der Waals surface area contributed by atoms with Crippen LogP contribution in [0, 0.1) is 0 Å². The van der Waals surface area contributed by atoms with E-state index in [4.69, 9.17) is 0 Å². The van der Waals surface area contributed by atoms with Gasteiger partial charge in [0.15, 0.2) is 0 Å². The van der Waals surface area contributed by atoms with E-state index in [1.807, 2.05) is 13.8 Å². The Bertz CT molecular complexity index is 818. The summed E-state index contributed by atoms with van der Waals surface area (Å²) in [6.07, 6.45) is 0. The monoisotopic (exact) mass is 297 g/mol. The van der Waals surface area contributed by atoms with Gasteiger partial charge in [-0.15, -0.1) is 0 Å². The maximum Gasteiger partial charge on any atom is 0.251 e. The summed E-state index contributed by atoms with van der Waals surface area (Å²) in [6.45, 7) is 5.29. The van der Waals surface area contributed by atoms with E-state index in [0.717, 1.165) is 0 Å². The number of anilines is 1. The summed E-state index contributed by atoms with van der Waals surface area (Å²) in [5.74, 6) is -0.631. The van der Waals surface area contributed by atoms with Gasteiger partial charge >= 0.3 is 0 Å². The molecule has 6 heteroatoms. The molecule has 0 bridgehead atoms. The summed E-state index contributed by atoms with van der Waals surface area (Å²) < 4.78 is 0. The fourth-order valence-corrected chi connectivity index (χ4v) is 2.48. The Balaban J connectivity index is 2.17. The van der Waals surface area contributed by atoms with Crippen LogP contribution in [0.15, 0.2) is 18.2 Å². The number of Topliss-reactive ketones (excluding diaryl/α,β-unsaturated/α-hetero) is 2. The first-order chi connectivity index (χ1) is 10.4. The summed E-state index contributed by atoms with van der Waals surface area (Å²) in [5.41, 5.74) is 2.10. The molecule has 2 aromatic rings. The molecule has 0 saturated heterocycles. The van der Waals surface area contributed by atoms with E-state index < -0.39 is 11.6 Å². The minimum absolute atomic E-state index is 0.121. The van der Waals surface area contributed by atoms with Gasteiger partial charge < -0.3 is 10.3 Å². The molecular weight excluding hydrogens is 282 g/mol. The van der Waals surface area contributed by atoms with E-state index in [0.29, 0.717) is 22.8 Å². The Hall–Kier alpha value is -2.76. The van der Waals surface area contributed by atoms with Crippen LogP contribution in [-0.2, 0) is 4.79 Å². The minimum atomic E-state index is -0.595. The summed E-state index contributed by atoms with van der Waals surface area (Å²) >= 11 is 0. The molecular formula is C16H15N3O3. The molecule has 1 amide bonds. The molecule has 2 N–H and O–H groups in total. The zero-order chi connectivity index (χ0) is 16.0. The van der Waals surface area contributed by atoms with Crippen LogP contribution in [0.1, 0.15) is 53.4 Å². The number of nitrogens with zero attached hydrogens (tertiary/aromatic N) is 1. The first kappa shape index (κ1) is 14.2. The summed E-state index contributed by atoms with van der Waals surface area (Å²) in [4.78, 5) is 43.1. The normalized spacial score (nSPS) is 13.1. The number of carbonyl (C=O) groups is 3. The number of imidazole rings is 1. The molecule has 0 unspecified atom stereocenters. The number of fused-ring (bicyclic) bond motifs is 3. The van der Waals surface area contributed by atoms with E-state index in [1.54, 1.807) is 12.1 Å². The second kappa shape index (κ2) is 4.91. The lowest BCUT2D eigenvalue weighted by Gasteiger charge is -2.14. The standard InChI is InChI=1S/C16H15N3O3/c1-7(2)16-18-12-10-5-4-9(17-8(3)20)6-11(10)14(21)15(22)13(12)19-16/h4-7H,1-3H3,(H,17,20)(H,18,19). The molecule has 0 spiro atoms. The van der Waals surface area contributed by atoms with Crippen molar-refractivity contribution in [1.29, 1.82) is 0 Å². The average molecular weight is 297 g/mol. The van der Waals surface area contributed by atoms with Gasteiger partial charge in [-0.05, 0) is 18.2 Å². The van der Waals surface area contributed by atoms with Crippen LogP contribution in [0.3, 0.4) is 0 Å². The molecule has 1 aromatic heterocycles. The van der Waals surface area contributed by atoms with E-state index in [2.05, 4.69) is 15.3 Å². The number of hydrogen-bond acceptors (Lipinski definition) is 4. The summed E-state index contributed by atoms with van der Waals surface area (Å²) in [6, 6.07) is 4.91. The van der Waals surface area contributed by atoms with Crippen molar-refractivity contribution in [1.82, 2.24) is 9.97 Å². The molecule has 3 rings (SSSR count). The number of aromatic amines is 1. The SMILES string of the molecule is CC(=O)Nc1ccc2c(c1)C(=O)C(=O)c1[nH]c(C(C)C)nc1-2. The first-order valence-electron chi connectivity index (χ1n) is 6.99. The first-order valence-corrected chi connectivity index (χ1v) is 6.99. The Morgan fingerprint density at radius 1 is 1.18 bits per heavy atom. The van der Waals surface area contributed by atoms with Crippen LogP contribution in [-0.4, -0.2) is 27.4 Å². The average Bonchev–Trinajstić information content (AvgIpc) is 2.89. The van der Waals surface area contributed by atoms with E-state index >= 15 is 0 Å². The number of rotatable bonds is 2. The van der Waals surface area contributed by atoms with Crippen molar-refractivity contribution in [2.24, 2.45) is 0 Å². The van der Waals surface area contributed by atoms with E-state index in [9.17, 15) is 14.4 Å². The van der Waals surface area contributed by atoms with Gasteiger partial charge in [0.1, 0.15) is 17.2 Å². The van der Waals surface area contributed by atoms with Crippen LogP contribution in [0.25, 0.3) is 11.3 Å². The molecule has 0 saturated carbocycles. The molecule has 112 valence electrons. The highest BCUT2D eigenvalue weighted by Gasteiger charge is 2.34. The summed E-state index contributed by atoms with van der Waals surface area (Å²) in [7, 11) is 0. The number of H-pyrrole nitrogens is 1. The highest BCUT2D eigenvalue weighted by Crippen LogP contribution is 2.34. The number of ketones is 2. The van der Waals surface area contributed by atoms with Crippen molar-refractivity contribution in [3.8, 4) is 11.3 Å². The van der Waals surface area contributed by atoms with E-state index in [1.165, 1.54) is 13.0 Å². The number of benzene rings is 1. The van der Waals surface area contributed by atoms with Gasteiger partial charge in [-0.25, -0.2) is 4.98 Å². The van der Waals surface area contributed by atoms with Gasteiger partial charge in [-0.3, -0.25) is 14.4 Å². The number of amides is 1. The largest absolute Gasteiger partial charge is 0.338 e. The van der Waals surface area contributed by atoms with Gasteiger partial charge in [0, 0.05) is 29.7 Å². The van der Waals surface area contributed by atoms with Crippen LogP contribution in [0.4, 0.5) is 5.69 Å². The third-order valence-electron chi connectivity index (χ3n) is 3.54. The van der Waals surface area contributed by atoms with Gasteiger partial charge in [-0.2, -0.15) is 0 Å². The highest BCUT2D eigenvalue weighted by atomic mass is 16.2. The molecule has 0 atom stereocenters. The minimum Gasteiger partial charge on any atom is -0.338 e. The smallest absolute Gasteiger partial charge is 0.251 e. The Morgan fingerprint density at radius 3 is 2.55 bits per heavy atom. The fraction of sp³-hybridized carbons (Fsp3) is 0.250. The van der Waals surface area contributed by atoms with E-state index in [-0.39, 0.29) is 23.1 Å². The van der Waals surface area contributed by atoms with Crippen LogP contribution in [0.5, 0.6) is 0 Å². The van der Waals surface area contributed by atoms with Gasteiger partial charge in [-0.1, -0.05) is 13.8 Å². The molecule has 1 aliphatic carbocycles. The molecule has 1 aromatic carbocycles. The number of nitrogens with one attached hydrogen (secondary N) is 2. The van der Waals surface area contributed by atoms with Gasteiger partial charge in [0.05, 0.1) is 0 Å². The number of carbonyl (C=O) groups excluding carboxylic acids is 3. The van der Waals surface area contributed by atoms with Crippen molar-refractivity contribution >= 4 is 23.2 Å². The Labute approximate surface area is 127 Å². The lowest BCUT2D eigenvalue weighted by molar-refractivity contribution is -0.114. The third-order valence-corrected chi connectivity index (χ3v) is 3.54.